The van der Waals surface area contributed by atoms with E-state index in [1.165, 1.54) is 23.8 Å². The molecular weight excluding hydrogens is 262 g/mol. The van der Waals surface area contributed by atoms with Gasteiger partial charge in [0.25, 0.3) is 5.91 Å². The highest BCUT2D eigenvalue weighted by molar-refractivity contribution is 9.10. The van der Waals surface area contributed by atoms with Gasteiger partial charge in [0.1, 0.15) is 11.3 Å². The van der Waals surface area contributed by atoms with E-state index in [2.05, 4.69) is 26.3 Å². The summed E-state index contributed by atoms with van der Waals surface area (Å²) in [5.41, 5.74) is 0.750. The smallest absolute Gasteiger partial charge is 0.255 e. The van der Waals surface area contributed by atoms with Gasteiger partial charge in [-0.15, -0.1) is 0 Å². The minimum absolute atomic E-state index is 0.0143. The number of fused-ring (bicyclic) bond motifs is 1. The zero-order chi connectivity index (χ0) is 11.0. The van der Waals surface area contributed by atoms with Gasteiger partial charge in [-0.3, -0.25) is 4.79 Å². The number of halogens is 1. The molecule has 5 nitrogen and oxygen atoms in total. The van der Waals surface area contributed by atoms with E-state index >= 15 is 0 Å². The highest BCUT2D eigenvalue weighted by Crippen LogP contribution is 2.25. The van der Waals surface area contributed by atoms with Crippen molar-refractivity contribution in [2.24, 2.45) is 0 Å². The van der Waals surface area contributed by atoms with E-state index in [1.807, 2.05) is 0 Å². The third-order valence-corrected chi connectivity index (χ3v) is 2.46. The van der Waals surface area contributed by atoms with Crippen molar-refractivity contribution in [3.63, 3.8) is 0 Å². The summed E-state index contributed by atoms with van der Waals surface area (Å²) in [5.74, 6) is -0.261. The summed E-state index contributed by atoms with van der Waals surface area (Å²) in [5, 5.41) is 16.2. The zero-order valence-corrected chi connectivity index (χ0v) is 9.45. The van der Waals surface area contributed by atoms with Gasteiger partial charge in [-0.25, -0.2) is 4.52 Å². The monoisotopic (exact) mass is 269 g/mol. The minimum Gasteiger partial charge on any atom is -0.506 e. The third kappa shape index (κ3) is 1.56. The number of nitrogens with zero attached hydrogens (tertiary/aromatic N) is 2. The first-order valence-electron chi connectivity index (χ1n) is 4.21. The Morgan fingerprint density at radius 3 is 3.07 bits per heavy atom. The van der Waals surface area contributed by atoms with Crippen LogP contribution in [0.4, 0.5) is 0 Å². The Labute approximate surface area is 93.8 Å². The molecule has 2 aromatic heterocycles. The van der Waals surface area contributed by atoms with Crippen LogP contribution in [0.15, 0.2) is 22.9 Å². The van der Waals surface area contributed by atoms with Crippen molar-refractivity contribution in [3.05, 3.63) is 28.5 Å². The summed E-state index contributed by atoms with van der Waals surface area (Å²) in [6.45, 7) is 0. The number of nitrogens with one attached hydrogen (secondary N) is 1. The standard InChI is InChI=1S/C9H8BrN3O2/c1-11-9(15)6-3-12-13-4-5(10)2-7(14)8(6)13/h2-4,14H,1H3,(H,11,15). The quantitative estimate of drug-likeness (QED) is 0.817. The molecule has 0 aliphatic rings. The summed E-state index contributed by atoms with van der Waals surface area (Å²) in [6, 6.07) is 1.52. The van der Waals surface area contributed by atoms with Crippen molar-refractivity contribution in [2.45, 2.75) is 0 Å². The molecule has 78 valence electrons. The number of pyridine rings is 1. The summed E-state index contributed by atoms with van der Waals surface area (Å²) in [4.78, 5) is 11.4. The molecule has 0 fully saturated rings. The Balaban J connectivity index is 2.74. The molecule has 2 rings (SSSR count). The van der Waals surface area contributed by atoms with Crippen LogP contribution in [0, 0.1) is 0 Å². The van der Waals surface area contributed by atoms with E-state index in [-0.39, 0.29) is 11.7 Å². The van der Waals surface area contributed by atoms with Crippen molar-refractivity contribution in [1.82, 2.24) is 14.9 Å². The molecule has 15 heavy (non-hydrogen) atoms. The number of rotatable bonds is 1. The largest absolute Gasteiger partial charge is 0.506 e. The second-order valence-electron chi connectivity index (χ2n) is 2.97. The molecule has 1 amide bonds. The van der Waals surface area contributed by atoms with Crippen LogP contribution in [0.3, 0.4) is 0 Å². The molecule has 6 heteroatoms. The molecule has 0 spiro atoms. The molecule has 0 saturated carbocycles. The van der Waals surface area contributed by atoms with E-state index in [0.29, 0.717) is 15.6 Å². The fraction of sp³-hybridized carbons (Fsp3) is 0.111. The average molecular weight is 270 g/mol. The fourth-order valence-electron chi connectivity index (χ4n) is 1.37. The molecule has 2 N–H and O–H groups in total. The van der Waals surface area contributed by atoms with Gasteiger partial charge in [0, 0.05) is 17.7 Å². The number of amides is 1. The van der Waals surface area contributed by atoms with Gasteiger partial charge in [0.05, 0.1) is 11.8 Å². The van der Waals surface area contributed by atoms with E-state index in [0.717, 1.165) is 0 Å². The second-order valence-corrected chi connectivity index (χ2v) is 3.89. The lowest BCUT2D eigenvalue weighted by atomic mass is 10.2. The SMILES string of the molecule is CNC(=O)c1cnn2cc(Br)cc(O)c12. The van der Waals surface area contributed by atoms with Crippen LogP contribution in [0.2, 0.25) is 0 Å². The lowest BCUT2D eigenvalue weighted by molar-refractivity contribution is 0.0964. The van der Waals surface area contributed by atoms with E-state index < -0.39 is 0 Å². The molecule has 0 unspecified atom stereocenters. The molecule has 0 aromatic carbocycles. The Kier molecular flexibility index (Phi) is 2.36. The number of hydrogen-bond acceptors (Lipinski definition) is 3. The van der Waals surface area contributed by atoms with Crippen LogP contribution < -0.4 is 5.32 Å². The Hall–Kier alpha value is -1.56. The molecule has 2 heterocycles. The first-order chi connectivity index (χ1) is 7.13. The summed E-state index contributed by atoms with van der Waals surface area (Å²) in [6.07, 6.45) is 3.09. The molecule has 0 radical (unpaired) electrons. The molecule has 0 saturated heterocycles. The van der Waals surface area contributed by atoms with Crippen LogP contribution >= 0.6 is 15.9 Å². The summed E-state index contributed by atoms with van der Waals surface area (Å²) >= 11 is 3.23. The number of carbonyl (C=O) groups excluding carboxylic acids is 1. The number of carbonyl (C=O) groups is 1. The topological polar surface area (TPSA) is 66.6 Å². The zero-order valence-electron chi connectivity index (χ0n) is 7.86. The van der Waals surface area contributed by atoms with E-state index in [1.54, 1.807) is 6.20 Å². The maximum absolute atomic E-state index is 11.4. The molecule has 0 aliphatic carbocycles. The minimum atomic E-state index is -0.275. The molecular formula is C9H8BrN3O2. The van der Waals surface area contributed by atoms with E-state index in [4.69, 9.17) is 0 Å². The summed E-state index contributed by atoms with van der Waals surface area (Å²) in [7, 11) is 1.53. The van der Waals surface area contributed by atoms with Gasteiger partial charge in [-0.1, -0.05) is 0 Å². The first-order valence-corrected chi connectivity index (χ1v) is 5.00. The maximum atomic E-state index is 11.4. The molecule has 0 atom stereocenters. The van der Waals surface area contributed by atoms with Crippen LogP contribution in [0.5, 0.6) is 5.75 Å². The van der Waals surface area contributed by atoms with E-state index in [9.17, 15) is 9.90 Å². The first kappa shape index (κ1) is 9.97. The van der Waals surface area contributed by atoms with Gasteiger partial charge in [-0.2, -0.15) is 5.10 Å². The predicted molar refractivity (Wildman–Crippen MR) is 57.9 cm³/mol. The Morgan fingerprint density at radius 2 is 2.40 bits per heavy atom. The second kappa shape index (κ2) is 3.54. The van der Waals surface area contributed by atoms with Crippen molar-refractivity contribution >= 4 is 27.4 Å². The van der Waals surface area contributed by atoms with Crippen LogP contribution in [-0.4, -0.2) is 27.7 Å². The van der Waals surface area contributed by atoms with Gasteiger partial charge in [0.2, 0.25) is 0 Å². The lowest BCUT2D eigenvalue weighted by Gasteiger charge is -2.01. The van der Waals surface area contributed by atoms with Crippen molar-refractivity contribution in [3.8, 4) is 5.75 Å². The Morgan fingerprint density at radius 1 is 1.67 bits per heavy atom. The number of hydrogen-bond donors (Lipinski definition) is 2. The Bertz CT molecular complexity index is 535. The van der Waals surface area contributed by atoms with Gasteiger partial charge in [0.15, 0.2) is 0 Å². The average Bonchev–Trinajstić information content (AvgIpc) is 2.60. The van der Waals surface area contributed by atoms with Crippen LogP contribution in [0.25, 0.3) is 5.52 Å². The van der Waals surface area contributed by atoms with Gasteiger partial charge < -0.3 is 10.4 Å². The number of aromatic hydroxyl groups is 1. The molecule has 0 bridgehead atoms. The molecule has 0 aliphatic heterocycles. The normalized spacial score (nSPS) is 10.5. The van der Waals surface area contributed by atoms with Gasteiger partial charge >= 0.3 is 0 Å². The van der Waals surface area contributed by atoms with Crippen molar-refractivity contribution < 1.29 is 9.90 Å². The highest BCUT2D eigenvalue weighted by Gasteiger charge is 2.14. The van der Waals surface area contributed by atoms with Crippen molar-refractivity contribution in [2.75, 3.05) is 7.05 Å². The van der Waals surface area contributed by atoms with Crippen LogP contribution in [0.1, 0.15) is 10.4 Å². The predicted octanol–water partition coefficient (Wildman–Crippen LogP) is 1.16. The maximum Gasteiger partial charge on any atom is 0.255 e. The summed E-state index contributed by atoms with van der Waals surface area (Å²) < 4.78 is 2.14. The van der Waals surface area contributed by atoms with Gasteiger partial charge in [-0.05, 0) is 22.0 Å². The third-order valence-electron chi connectivity index (χ3n) is 2.03. The van der Waals surface area contributed by atoms with Crippen LogP contribution in [-0.2, 0) is 0 Å². The number of aromatic nitrogens is 2. The highest BCUT2D eigenvalue weighted by atomic mass is 79.9. The fourth-order valence-corrected chi connectivity index (χ4v) is 1.78. The van der Waals surface area contributed by atoms with Crippen molar-refractivity contribution in [1.29, 1.82) is 0 Å². The lowest BCUT2D eigenvalue weighted by Crippen LogP contribution is -2.17. The molecule has 2 aromatic rings.